The number of rotatable bonds is 8. The van der Waals surface area contributed by atoms with Gasteiger partial charge in [0.2, 0.25) is 0 Å². The molecule has 0 aliphatic carbocycles. The van der Waals surface area contributed by atoms with Crippen LogP contribution < -0.4 is 5.32 Å². The molecule has 3 atom stereocenters. The van der Waals surface area contributed by atoms with Gasteiger partial charge in [0.1, 0.15) is 0 Å². The summed E-state index contributed by atoms with van der Waals surface area (Å²) in [6.07, 6.45) is 4.07. The summed E-state index contributed by atoms with van der Waals surface area (Å²) < 4.78 is 5.98. The average molecular weight is 256 g/mol. The van der Waals surface area contributed by atoms with E-state index in [1.165, 1.54) is 25.9 Å². The van der Waals surface area contributed by atoms with Gasteiger partial charge in [0.05, 0.1) is 6.10 Å². The molecule has 1 saturated heterocycles. The lowest BCUT2D eigenvalue weighted by molar-refractivity contribution is 0.0185. The van der Waals surface area contributed by atoms with E-state index >= 15 is 0 Å². The largest absolute Gasteiger partial charge is 0.378 e. The molecule has 0 amide bonds. The predicted octanol–water partition coefficient (Wildman–Crippen LogP) is 2.51. The van der Waals surface area contributed by atoms with Crippen LogP contribution in [0, 0.1) is 5.92 Å². The van der Waals surface area contributed by atoms with Crippen molar-refractivity contribution in [3.8, 4) is 0 Å². The summed E-state index contributed by atoms with van der Waals surface area (Å²) in [5.74, 6) is 0.701. The highest BCUT2D eigenvalue weighted by Crippen LogP contribution is 2.12. The molecular weight excluding hydrogens is 224 g/mol. The summed E-state index contributed by atoms with van der Waals surface area (Å²) in [4.78, 5) is 2.58. The maximum absolute atomic E-state index is 5.98. The van der Waals surface area contributed by atoms with Crippen LogP contribution in [0.3, 0.4) is 0 Å². The Labute approximate surface area is 113 Å². The smallest absolute Gasteiger partial charge is 0.0561 e. The van der Waals surface area contributed by atoms with Crippen molar-refractivity contribution in [2.45, 2.75) is 59.1 Å². The lowest BCUT2D eigenvalue weighted by atomic mass is 10.1. The van der Waals surface area contributed by atoms with Crippen LogP contribution in [0.4, 0.5) is 0 Å². The van der Waals surface area contributed by atoms with E-state index in [1.807, 2.05) is 0 Å². The molecule has 108 valence electrons. The summed E-state index contributed by atoms with van der Waals surface area (Å²) in [6.45, 7) is 14.6. The molecule has 1 heterocycles. The third-order valence-electron chi connectivity index (χ3n) is 3.89. The van der Waals surface area contributed by atoms with E-state index < -0.39 is 0 Å². The molecule has 1 aliphatic rings. The van der Waals surface area contributed by atoms with E-state index in [2.05, 4.69) is 37.9 Å². The molecule has 18 heavy (non-hydrogen) atoms. The number of nitrogens with one attached hydrogen (secondary N) is 1. The van der Waals surface area contributed by atoms with Crippen LogP contribution in [-0.4, -0.2) is 49.8 Å². The van der Waals surface area contributed by atoms with Crippen molar-refractivity contribution in [3.05, 3.63) is 0 Å². The molecule has 1 N–H and O–H groups in total. The van der Waals surface area contributed by atoms with Crippen molar-refractivity contribution in [2.24, 2.45) is 5.92 Å². The summed E-state index contributed by atoms with van der Waals surface area (Å²) in [5.41, 5.74) is 0. The fraction of sp³-hybridized carbons (Fsp3) is 1.00. The fourth-order valence-electron chi connectivity index (χ4n) is 2.73. The Balaban J connectivity index is 2.15. The lowest BCUT2D eigenvalue weighted by Gasteiger charge is -2.34. The van der Waals surface area contributed by atoms with Crippen LogP contribution in [0.25, 0.3) is 0 Å². The molecule has 0 aromatic heterocycles. The Morgan fingerprint density at radius 1 is 1.17 bits per heavy atom. The molecule has 0 radical (unpaired) electrons. The number of hydrogen-bond acceptors (Lipinski definition) is 3. The van der Waals surface area contributed by atoms with Gasteiger partial charge < -0.3 is 10.1 Å². The maximum Gasteiger partial charge on any atom is 0.0561 e. The highest BCUT2D eigenvalue weighted by molar-refractivity contribution is 4.75. The molecule has 0 aromatic carbocycles. The molecule has 2 unspecified atom stereocenters. The first kappa shape index (κ1) is 15.9. The number of hydrogen-bond donors (Lipinski definition) is 1. The molecule has 0 saturated carbocycles. The Morgan fingerprint density at radius 2 is 1.83 bits per heavy atom. The molecule has 0 bridgehead atoms. The zero-order chi connectivity index (χ0) is 13.4. The average Bonchev–Trinajstić information content (AvgIpc) is 2.38. The first-order chi connectivity index (χ1) is 8.63. The van der Waals surface area contributed by atoms with Crippen molar-refractivity contribution in [3.63, 3.8) is 0 Å². The summed E-state index contributed by atoms with van der Waals surface area (Å²) in [5, 5.41) is 3.40. The standard InChI is InChI=1S/C15H32N2O/c1-5-6-13(2)12-18-15(4)11-14(3)17-9-7-16-8-10-17/h13-16H,5-12H2,1-4H3/t13?,14-,15?/m0/s1. The number of ether oxygens (including phenoxy) is 1. The van der Waals surface area contributed by atoms with Gasteiger partial charge in [-0.3, -0.25) is 4.90 Å². The minimum absolute atomic E-state index is 0.384. The maximum atomic E-state index is 5.98. The van der Waals surface area contributed by atoms with Crippen LogP contribution in [0.2, 0.25) is 0 Å². The van der Waals surface area contributed by atoms with Crippen molar-refractivity contribution in [1.82, 2.24) is 10.2 Å². The van der Waals surface area contributed by atoms with Crippen LogP contribution >= 0.6 is 0 Å². The van der Waals surface area contributed by atoms with E-state index in [0.717, 1.165) is 26.1 Å². The third-order valence-corrected chi connectivity index (χ3v) is 3.89. The SMILES string of the molecule is CCCC(C)COC(C)C[C@H](C)N1CCNCC1. The zero-order valence-corrected chi connectivity index (χ0v) is 12.7. The number of nitrogens with zero attached hydrogens (tertiary/aromatic N) is 1. The minimum Gasteiger partial charge on any atom is -0.378 e. The van der Waals surface area contributed by atoms with Crippen molar-refractivity contribution in [1.29, 1.82) is 0 Å². The van der Waals surface area contributed by atoms with E-state index in [4.69, 9.17) is 4.74 Å². The zero-order valence-electron chi connectivity index (χ0n) is 12.7. The molecule has 1 rings (SSSR count). The minimum atomic E-state index is 0.384. The topological polar surface area (TPSA) is 24.5 Å². The molecule has 1 aliphatic heterocycles. The Bertz CT molecular complexity index is 205. The highest BCUT2D eigenvalue weighted by Gasteiger charge is 2.18. The molecule has 0 spiro atoms. The highest BCUT2D eigenvalue weighted by atomic mass is 16.5. The van der Waals surface area contributed by atoms with Gasteiger partial charge >= 0.3 is 0 Å². The van der Waals surface area contributed by atoms with Gasteiger partial charge in [-0.05, 0) is 32.6 Å². The van der Waals surface area contributed by atoms with Crippen molar-refractivity contribution in [2.75, 3.05) is 32.8 Å². The summed E-state index contributed by atoms with van der Waals surface area (Å²) in [6, 6.07) is 0.642. The van der Waals surface area contributed by atoms with Gasteiger partial charge in [-0.15, -0.1) is 0 Å². The quantitative estimate of drug-likeness (QED) is 0.722. The van der Waals surface area contributed by atoms with Crippen LogP contribution in [0.5, 0.6) is 0 Å². The van der Waals surface area contributed by atoms with Gasteiger partial charge in [0.25, 0.3) is 0 Å². The van der Waals surface area contributed by atoms with Crippen LogP contribution in [0.1, 0.15) is 47.0 Å². The second-order valence-electron chi connectivity index (χ2n) is 5.91. The number of piperazine rings is 1. The molecule has 0 aromatic rings. The van der Waals surface area contributed by atoms with E-state index in [9.17, 15) is 0 Å². The van der Waals surface area contributed by atoms with E-state index in [-0.39, 0.29) is 0 Å². The Hall–Kier alpha value is -0.120. The first-order valence-corrected chi connectivity index (χ1v) is 7.69. The second kappa shape index (κ2) is 8.89. The fourth-order valence-corrected chi connectivity index (χ4v) is 2.73. The lowest BCUT2D eigenvalue weighted by Crippen LogP contribution is -2.48. The van der Waals surface area contributed by atoms with Gasteiger partial charge in [-0.2, -0.15) is 0 Å². The van der Waals surface area contributed by atoms with E-state index in [1.54, 1.807) is 0 Å². The van der Waals surface area contributed by atoms with Gasteiger partial charge in [-0.1, -0.05) is 20.3 Å². The van der Waals surface area contributed by atoms with Crippen LogP contribution in [0.15, 0.2) is 0 Å². The van der Waals surface area contributed by atoms with Crippen molar-refractivity contribution >= 4 is 0 Å². The van der Waals surface area contributed by atoms with Crippen LogP contribution in [-0.2, 0) is 4.74 Å². The predicted molar refractivity (Wildman–Crippen MR) is 78.0 cm³/mol. The van der Waals surface area contributed by atoms with Gasteiger partial charge in [0, 0.05) is 38.8 Å². The molecular formula is C15H32N2O. The summed E-state index contributed by atoms with van der Waals surface area (Å²) >= 11 is 0. The molecule has 1 fully saturated rings. The normalized spacial score (nSPS) is 22.7. The first-order valence-electron chi connectivity index (χ1n) is 7.69. The second-order valence-corrected chi connectivity index (χ2v) is 5.91. The third kappa shape index (κ3) is 6.17. The Kier molecular flexibility index (Phi) is 7.87. The monoisotopic (exact) mass is 256 g/mol. The van der Waals surface area contributed by atoms with Crippen molar-refractivity contribution < 1.29 is 4.74 Å². The molecule has 3 nitrogen and oxygen atoms in total. The van der Waals surface area contributed by atoms with Gasteiger partial charge in [-0.25, -0.2) is 0 Å². The Morgan fingerprint density at radius 3 is 2.44 bits per heavy atom. The summed E-state index contributed by atoms with van der Waals surface area (Å²) in [7, 11) is 0. The van der Waals surface area contributed by atoms with E-state index in [0.29, 0.717) is 18.1 Å². The molecule has 3 heteroatoms. The van der Waals surface area contributed by atoms with Gasteiger partial charge in [0.15, 0.2) is 0 Å².